The second-order valence-electron chi connectivity index (χ2n) is 3.10. The number of ether oxygens (including phenoxy) is 1. The topological polar surface area (TPSA) is 22.1 Å². The molecule has 2 nitrogen and oxygen atoms in total. The van der Waals surface area contributed by atoms with Crippen LogP contribution >= 0.6 is 15.9 Å². The molecule has 0 amide bonds. The highest BCUT2D eigenvalue weighted by Crippen LogP contribution is 2.30. The van der Waals surface area contributed by atoms with E-state index in [1.807, 2.05) is 31.3 Å². The van der Waals surface area contributed by atoms with Gasteiger partial charge in [0.15, 0.2) is 0 Å². The molecule has 1 aromatic carbocycles. The van der Waals surface area contributed by atoms with Gasteiger partial charge in [0.25, 0.3) is 0 Å². The third-order valence-corrected chi connectivity index (χ3v) is 2.86. The van der Waals surface area contributed by atoms with Gasteiger partial charge < -0.3 is 4.74 Å². The maximum atomic E-state index is 5.23. The molecular weight excluding hydrogens is 242 g/mol. The number of aryl methyl sites for hydroxylation is 1. The Morgan fingerprint density at radius 3 is 2.86 bits per heavy atom. The van der Waals surface area contributed by atoms with Gasteiger partial charge >= 0.3 is 0 Å². The van der Waals surface area contributed by atoms with E-state index in [9.17, 15) is 0 Å². The Kier molecular flexibility index (Phi) is 2.42. The molecule has 1 aromatic heterocycles. The Labute approximate surface area is 91.0 Å². The largest absolute Gasteiger partial charge is 0.496 e. The zero-order valence-electron chi connectivity index (χ0n) is 8.04. The van der Waals surface area contributed by atoms with Crippen molar-refractivity contribution in [3.8, 4) is 5.75 Å². The van der Waals surface area contributed by atoms with Crippen molar-refractivity contribution in [2.24, 2.45) is 0 Å². The van der Waals surface area contributed by atoms with Crippen molar-refractivity contribution < 1.29 is 4.74 Å². The van der Waals surface area contributed by atoms with Crippen LogP contribution in [0.3, 0.4) is 0 Å². The molecule has 0 aliphatic rings. The van der Waals surface area contributed by atoms with Gasteiger partial charge in [-0.05, 0) is 46.4 Å². The van der Waals surface area contributed by atoms with Gasteiger partial charge in [-0.2, -0.15) is 0 Å². The summed E-state index contributed by atoms with van der Waals surface area (Å²) in [7, 11) is 1.67. The number of pyridine rings is 1. The molecule has 14 heavy (non-hydrogen) atoms. The van der Waals surface area contributed by atoms with Crippen LogP contribution in [0.5, 0.6) is 5.75 Å². The van der Waals surface area contributed by atoms with E-state index < -0.39 is 0 Å². The van der Waals surface area contributed by atoms with Crippen molar-refractivity contribution in [1.29, 1.82) is 0 Å². The van der Waals surface area contributed by atoms with Gasteiger partial charge in [-0.3, -0.25) is 4.98 Å². The average molecular weight is 252 g/mol. The summed E-state index contributed by atoms with van der Waals surface area (Å²) in [5.74, 6) is 0.850. The summed E-state index contributed by atoms with van der Waals surface area (Å²) in [6, 6.07) is 6.03. The number of hydrogen-bond donors (Lipinski definition) is 0. The lowest BCUT2D eigenvalue weighted by atomic mass is 10.1. The van der Waals surface area contributed by atoms with Crippen molar-refractivity contribution in [1.82, 2.24) is 4.98 Å². The number of halogens is 1. The predicted octanol–water partition coefficient (Wildman–Crippen LogP) is 3.31. The van der Waals surface area contributed by atoms with Gasteiger partial charge in [0.1, 0.15) is 5.75 Å². The zero-order valence-corrected chi connectivity index (χ0v) is 9.63. The SMILES string of the molecule is COc1cc2ccnc(C)c2cc1Br. The molecule has 0 saturated carbocycles. The Morgan fingerprint density at radius 1 is 1.36 bits per heavy atom. The lowest BCUT2D eigenvalue weighted by Crippen LogP contribution is -1.87. The molecule has 0 aliphatic carbocycles. The molecule has 72 valence electrons. The van der Waals surface area contributed by atoms with Crippen molar-refractivity contribution in [3.63, 3.8) is 0 Å². The fraction of sp³-hybridized carbons (Fsp3) is 0.182. The van der Waals surface area contributed by atoms with Crippen LogP contribution in [0.4, 0.5) is 0 Å². The van der Waals surface area contributed by atoms with Crippen LogP contribution in [-0.2, 0) is 0 Å². The van der Waals surface area contributed by atoms with Crippen LogP contribution in [0.25, 0.3) is 10.8 Å². The fourth-order valence-electron chi connectivity index (χ4n) is 1.48. The molecule has 0 saturated heterocycles. The molecule has 0 radical (unpaired) electrons. The van der Waals surface area contributed by atoms with E-state index in [-0.39, 0.29) is 0 Å². The highest BCUT2D eigenvalue weighted by atomic mass is 79.9. The Balaban J connectivity index is 2.79. The molecule has 0 bridgehead atoms. The maximum Gasteiger partial charge on any atom is 0.133 e. The van der Waals surface area contributed by atoms with Crippen LogP contribution in [-0.4, -0.2) is 12.1 Å². The van der Waals surface area contributed by atoms with E-state index in [1.165, 1.54) is 0 Å². The summed E-state index contributed by atoms with van der Waals surface area (Å²) in [5.41, 5.74) is 1.03. The minimum Gasteiger partial charge on any atom is -0.496 e. The molecule has 0 N–H and O–H groups in total. The lowest BCUT2D eigenvalue weighted by molar-refractivity contribution is 0.413. The number of aromatic nitrogens is 1. The van der Waals surface area contributed by atoms with Gasteiger partial charge in [-0.25, -0.2) is 0 Å². The van der Waals surface area contributed by atoms with E-state index in [0.29, 0.717) is 0 Å². The quantitative estimate of drug-likeness (QED) is 0.776. The molecule has 0 unspecified atom stereocenters. The highest BCUT2D eigenvalue weighted by molar-refractivity contribution is 9.10. The smallest absolute Gasteiger partial charge is 0.133 e. The zero-order chi connectivity index (χ0) is 10.1. The summed E-state index contributed by atoms with van der Waals surface area (Å²) in [6.45, 7) is 2.00. The van der Waals surface area contributed by atoms with Crippen LogP contribution in [0.2, 0.25) is 0 Å². The summed E-state index contributed by atoms with van der Waals surface area (Å²) in [4.78, 5) is 4.24. The predicted molar refractivity (Wildman–Crippen MR) is 60.7 cm³/mol. The van der Waals surface area contributed by atoms with Crippen LogP contribution in [0.1, 0.15) is 5.69 Å². The molecule has 1 heterocycles. The average Bonchev–Trinajstić information content (AvgIpc) is 2.19. The number of nitrogens with zero attached hydrogens (tertiary/aromatic N) is 1. The number of fused-ring (bicyclic) bond motifs is 1. The first-order chi connectivity index (χ1) is 6.72. The summed E-state index contributed by atoms with van der Waals surface area (Å²) < 4.78 is 6.19. The van der Waals surface area contributed by atoms with Gasteiger partial charge in [0, 0.05) is 17.3 Å². The monoisotopic (exact) mass is 251 g/mol. The standard InChI is InChI=1S/C11H10BrNO/c1-7-9-6-10(12)11(14-2)5-8(9)3-4-13-7/h3-6H,1-2H3. The lowest BCUT2D eigenvalue weighted by Gasteiger charge is -2.06. The third kappa shape index (κ3) is 1.48. The number of hydrogen-bond acceptors (Lipinski definition) is 2. The fourth-order valence-corrected chi connectivity index (χ4v) is 1.98. The van der Waals surface area contributed by atoms with E-state index >= 15 is 0 Å². The number of benzene rings is 1. The first kappa shape index (κ1) is 9.46. The Bertz CT molecular complexity index is 482. The molecular formula is C11H10BrNO. The van der Waals surface area contributed by atoms with Crippen molar-refractivity contribution in [3.05, 3.63) is 34.6 Å². The van der Waals surface area contributed by atoms with Crippen molar-refractivity contribution in [2.75, 3.05) is 7.11 Å². The molecule has 0 spiro atoms. The number of methoxy groups -OCH3 is 1. The van der Waals surface area contributed by atoms with Gasteiger partial charge in [-0.1, -0.05) is 0 Å². The van der Waals surface area contributed by atoms with E-state index in [2.05, 4.69) is 20.9 Å². The third-order valence-electron chi connectivity index (χ3n) is 2.24. The van der Waals surface area contributed by atoms with Gasteiger partial charge in [-0.15, -0.1) is 0 Å². The molecule has 0 fully saturated rings. The summed E-state index contributed by atoms with van der Waals surface area (Å²) in [5, 5.41) is 2.30. The first-order valence-electron chi connectivity index (χ1n) is 4.31. The molecule has 2 rings (SSSR count). The summed E-state index contributed by atoms with van der Waals surface area (Å²) in [6.07, 6.45) is 1.81. The maximum absolute atomic E-state index is 5.23. The van der Waals surface area contributed by atoms with Crippen molar-refractivity contribution in [2.45, 2.75) is 6.92 Å². The molecule has 0 atom stereocenters. The normalized spacial score (nSPS) is 10.5. The first-order valence-corrected chi connectivity index (χ1v) is 5.10. The molecule has 0 aliphatic heterocycles. The minimum absolute atomic E-state index is 0.850. The van der Waals surface area contributed by atoms with Gasteiger partial charge in [0.2, 0.25) is 0 Å². The second kappa shape index (κ2) is 3.58. The van der Waals surface area contributed by atoms with Crippen LogP contribution < -0.4 is 4.74 Å². The molecule has 3 heteroatoms. The Hall–Kier alpha value is -1.09. The van der Waals surface area contributed by atoms with E-state index in [0.717, 1.165) is 26.7 Å². The van der Waals surface area contributed by atoms with E-state index in [4.69, 9.17) is 4.74 Å². The highest BCUT2D eigenvalue weighted by Gasteiger charge is 2.04. The van der Waals surface area contributed by atoms with Crippen LogP contribution in [0, 0.1) is 6.92 Å². The minimum atomic E-state index is 0.850. The van der Waals surface area contributed by atoms with Crippen LogP contribution in [0.15, 0.2) is 28.9 Å². The summed E-state index contributed by atoms with van der Waals surface area (Å²) >= 11 is 3.46. The van der Waals surface area contributed by atoms with Crippen molar-refractivity contribution >= 4 is 26.7 Å². The molecule has 2 aromatic rings. The Morgan fingerprint density at radius 2 is 2.14 bits per heavy atom. The van der Waals surface area contributed by atoms with E-state index in [1.54, 1.807) is 7.11 Å². The number of rotatable bonds is 1. The second-order valence-corrected chi connectivity index (χ2v) is 3.96. The van der Waals surface area contributed by atoms with Gasteiger partial charge in [0.05, 0.1) is 11.6 Å².